The predicted molar refractivity (Wildman–Crippen MR) is 132 cm³/mol. The number of carbonyl (C=O) groups is 2. The van der Waals surface area contributed by atoms with E-state index in [1.165, 1.54) is 6.07 Å². The molecule has 0 spiro atoms. The van der Waals surface area contributed by atoms with Gasteiger partial charge < -0.3 is 4.74 Å². The smallest absolute Gasteiger partial charge is 0.305 e. The van der Waals surface area contributed by atoms with Crippen molar-refractivity contribution in [3.05, 3.63) is 59.2 Å². The number of esters is 1. The van der Waals surface area contributed by atoms with Gasteiger partial charge in [0, 0.05) is 49.0 Å². The minimum atomic E-state index is -0.571. The van der Waals surface area contributed by atoms with Crippen LogP contribution in [0.2, 0.25) is 0 Å². The normalized spacial score (nSPS) is 20.9. The van der Waals surface area contributed by atoms with Crippen LogP contribution in [0.3, 0.4) is 0 Å². The van der Waals surface area contributed by atoms with E-state index < -0.39 is 6.04 Å². The summed E-state index contributed by atoms with van der Waals surface area (Å²) in [5.74, 6) is -0.368. The SMILES string of the molecule is CCOC(=O)CCCn1ccc(/C=C2\CN(C(C(=O)C3CC3)c3ccccc3F)CCC2S)n1. The first kappa shape index (κ1) is 24.7. The van der Waals surface area contributed by atoms with Crippen molar-refractivity contribution >= 4 is 30.5 Å². The molecule has 2 unspecified atom stereocenters. The van der Waals surface area contributed by atoms with Crippen molar-refractivity contribution in [1.29, 1.82) is 0 Å². The molecule has 0 bridgehead atoms. The molecule has 1 aromatic heterocycles. The van der Waals surface area contributed by atoms with E-state index >= 15 is 0 Å². The number of halogens is 1. The number of rotatable bonds is 10. The highest BCUT2D eigenvalue weighted by Gasteiger charge is 2.40. The number of Topliss-reactive ketones (excluding diaryl/α,β-unsaturated/α-hetero) is 1. The van der Waals surface area contributed by atoms with Crippen LogP contribution in [0.1, 0.15) is 56.3 Å². The highest BCUT2D eigenvalue weighted by atomic mass is 32.1. The number of likely N-dealkylation sites (tertiary alicyclic amines) is 1. The van der Waals surface area contributed by atoms with Crippen molar-refractivity contribution in [2.24, 2.45) is 5.92 Å². The molecule has 0 N–H and O–H groups in total. The van der Waals surface area contributed by atoms with Crippen molar-refractivity contribution in [3.8, 4) is 0 Å². The summed E-state index contributed by atoms with van der Waals surface area (Å²) < 4.78 is 21.5. The summed E-state index contributed by atoms with van der Waals surface area (Å²) in [6.45, 7) is 4.05. The molecule has 34 heavy (non-hydrogen) atoms. The van der Waals surface area contributed by atoms with Crippen molar-refractivity contribution in [2.75, 3.05) is 19.7 Å². The Morgan fingerprint density at radius 2 is 2.06 bits per heavy atom. The second-order valence-corrected chi connectivity index (χ2v) is 9.63. The van der Waals surface area contributed by atoms with Crippen LogP contribution in [-0.2, 0) is 20.9 Å². The van der Waals surface area contributed by atoms with Gasteiger partial charge in [-0.3, -0.25) is 19.2 Å². The molecule has 2 aromatic rings. The van der Waals surface area contributed by atoms with Gasteiger partial charge in [-0.1, -0.05) is 18.2 Å². The van der Waals surface area contributed by atoms with Crippen molar-refractivity contribution in [2.45, 2.75) is 56.9 Å². The van der Waals surface area contributed by atoms with E-state index in [0.29, 0.717) is 44.6 Å². The van der Waals surface area contributed by atoms with Crippen LogP contribution < -0.4 is 0 Å². The summed E-state index contributed by atoms with van der Waals surface area (Å²) in [5, 5.41) is 4.66. The summed E-state index contributed by atoms with van der Waals surface area (Å²) in [7, 11) is 0. The molecular formula is C26H32FN3O3S. The Labute approximate surface area is 205 Å². The van der Waals surface area contributed by atoms with Gasteiger partial charge in [0.2, 0.25) is 0 Å². The molecule has 0 radical (unpaired) electrons. The summed E-state index contributed by atoms with van der Waals surface area (Å²) in [6, 6.07) is 7.97. The third-order valence-electron chi connectivity index (χ3n) is 6.39. The molecule has 1 aromatic carbocycles. The molecule has 2 aliphatic rings. The quantitative estimate of drug-likeness (QED) is 0.397. The molecule has 1 aliphatic heterocycles. The van der Waals surface area contributed by atoms with Crippen LogP contribution in [0.4, 0.5) is 4.39 Å². The number of hydrogen-bond donors (Lipinski definition) is 1. The van der Waals surface area contributed by atoms with Crippen molar-refractivity contribution < 1.29 is 18.7 Å². The molecule has 2 atom stereocenters. The summed E-state index contributed by atoms with van der Waals surface area (Å²) in [5.41, 5.74) is 2.33. The molecule has 2 fully saturated rings. The van der Waals surface area contributed by atoms with E-state index in [2.05, 4.69) is 10.00 Å². The number of nitrogens with zero attached hydrogens (tertiary/aromatic N) is 3. The predicted octanol–water partition coefficient (Wildman–Crippen LogP) is 4.47. The highest BCUT2D eigenvalue weighted by molar-refractivity contribution is 7.81. The standard InChI is InChI=1S/C26H32FN3O3S/c1-2-33-24(31)8-5-13-30-15-11-20(28-30)16-19-17-29(14-12-23(19)34)25(26(32)18-9-10-18)21-6-3-4-7-22(21)27/h3-4,6-7,11,15-16,18,23,25,34H,2,5,8-10,12-14,17H2,1H3/b19-16+. The van der Waals surface area contributed by atoms with E-state index in [9.17, 15) is 14.0 Å². The Hall–Kier alpha value is -2.45. The van der Waals surface area contributed by atoms with Gasteiger partial charge in [0.1, 0.15) is 5.82 Å². The summed E-state index contributed by atoms with van der Waals surface area (Å²) >= 11 is 4.77. The molecule has 4 rings (SSSR count). The van der Waals surface area contributed by atoms with E-state index in [0.717, 1.165) is 30.5 Å². The van der Waals surface area contributed by atoms with E-state index in [-0.39, 0.29) is 28.7 Å². The third-order valence-corrected chi connectivity index (χ3v) is 6.98. The minimum Gasteiger partial charge on any atom is -0.466 e. The van der Waals surface area contributed by atoms with Gasteiger partial charge in [-0.15, -0.1) is 0 Å². The molecule has 182 valence electrons. The fraction of sp³-hybridized carbons (Fsp3) is 0.500. The number of benzene rings is 1. The second-order valence-electron chi connectivity index (χ2n) is 9.01. The molecule has 2 heterocycles. The monoisotopic (exact) mass is 485 g/mol. The van der Waals surface area contributed by atoms with Gasteiger partial charge >= 0.3 is 5.97 Å². The van der Waals surface area contributed by atoms with Crippen LogP contribution in [0.5, 0.6) is 0 Å². The van der Waals surface area contributed by atoms with Crippen LogP contribution in [0.25, 0.3) is 6.08 Å². The zero-order chi connectivity index (χ0) is 24.1. The number of aromatic nitrogens is 2. The molecule has 1 aliphatic carbocycles. The fourth-order valence-corrected chi connectivity index (χ4v) is 4.73. The average molecular weight is 486 g/mol. The first-order valence-corrected chi connectivity index (χ1v) is 12.6. The zero-order valence-corrected chi connectivity index (χ0v) is 20.4. The number of carbonyl (C=O) groups excluding carboxylic acids is 2. The lowest BCUT2D eigenvalue weighted by Crippen LogP contribution is -2.42. The minimum absolute atomic E-state index is 0.0380. The van der Waals surface area contributed by atoms with Crippen molar-refractivity contribution in [1.82, 2.24) is 14.7 Å². The third kappa shape index (κ3) is 6.16. The van der Waals surface area contributed by atoms with Crippen LogP contribution >= 0.6 is 12.6 Å². The summed E-state index contributed by atoms with van der Waals surface area (Å²) in [6.07, 6.45) is 7.50. The van der Waals surface area contributed by atoms with E-state index in [1.54, 1.807) is 25.1 Å². The number of ether oxygens (including phenoxy) is 1. The lowest BCUT2D eigenvalue weighted by Gasteiger charge is -2.37. The van der Waals surface area contributed by atoms with Gasteiger partial charge in [0.15, 0.2) is 5.78 Å². The molecule has 6 nitrogen and oxygen atoms in total. The van der Waals surface area contributed by atoms with Gasteiger partial charge in [-0.2, -0.15) is 17.7 Å². The Bertz CT molecular complexity index is 1050. The first-order chi connectivity index (χ1) is 16.5. The Kier molecular flexibility index (Phi) is 8.21. The maximum atomic E-state index is 14.7. The number of ketones is 1. The lowest BCUT2D eigenvalue weighted by molar-refractivity contribution is -0.143. The average Bonchev–Trinajstić information content (AvgIpc) is 3.58. The second kappa shape index (κ2) is 11.3. The molecular weight excluding hydrogens is 453 g/mol. The Morgan fingerprint density at radius 1 is 1.26 bits per heavy atom. The van der Waals surface area contributed by atoms with E-state index in [1.807, 2.05) is 23.0 Å². The fourth-order valence-electron chi connectivity index (χ4n) is 4.46. The van der Waals surface area contributed by atoms with Crippen LogP contribution in [-0.4, -0.2) is 51.4 Å². The molecule has 1 saturated carbocycles. The Morgan fingerprint density at radius 3 is 2.79 bits per heavy atom. The number of piperidine rings is 1. The zero-order valence-electron chi connectivity index (χ0n) is 19.5. The topological polar surface area (TPSA) is 64.4 Å². The Balaban J connectivity index is 1.47. The summed E-state index contributed by atoms with van der Waals surface area (Å²) in [4.78, 5) is 26.8. The van der Waals surface area contributed by atoms with Gasteiger partial charge in [-0.25, -0.2) is 4.39 Å². The van der Waals surface area contributed by atoms with Gasteiger partial charge in [0.05, 0.1) is 18.3 Å². The van der Waals surface area contributed by atoms with Gasteiger partial charge in [-0.05, 0) is 56.4 Å². The number of hydrogen-bond acceptors (Lipinski definition) is 6. The molecule has 8 heteroatoms. The largest absolute Gasteiger partial charge is 0.466 e. The number of thiol groups is 1. The van der Waals surface area contributed by atoms with Crippen LogP contribution in [0, 0.1) is 11.7 Å². The molecule has 0 amide bonds. The van der Waals surface area contributed by atoms with E-state index in [4.69, 9.17) is 17.4 Å². The maximum absolute atomic E-state index is 14.7. The lowest BCUT2D eigenvalue weighted by atomic mass is 9.93. The maximum Gasteiger partial charge on any atom is 0.305 e. The van der Waals surface area contributed by atoms with Gasteiger partial charge in [0.25, 0.3) is 0 Å². The first-order valence-electron chi connectivity index (χ1n) is 12.1. The molecule has 1 saturated heterocycles. The van der Waals surface area contributed by atoms with Crippen molar-refractivity contribution in [3.63, 3.8) is 0 Å². The number of aryl methyl sites for hydroxylation is 1. The highest BCUT2D eigenvalue weighted by Crippen LogP contribution is 2.39. The van der Waals surface area contributed by atoms with Crippen LogP contribution in [0.15, 0.2) is 42.1 Å².